The van der Waals surface area contributed by atoms with Crippen molar-refractivity contribution in [3.8, 4) is 11.1 Å². The molecule has 0 N–H and O–H groups in total. The second-order valence-electron chi connectivity index (χ2n) is 10.3. The molecule has 0 nitrogen and oxygen atoms in total. The summed E-state index contributed by atoms with van der Waals surface area (Å²) in [7, 11) is -0.493. The van der Waals surface area contributed by atoms with E-state index in [0.29, 0.717) is 0 Å². The fourth-order valence-corrected chi connectivity index (χ4v) is 7.63. The summed E-state index contributed by atoms with van der Waals surface area (Å²) in [5.74, 6) is 0. The van der Waals surface area contributed by atoms with Crippen molar-refractivity contribution < 1.29 is 25.8 Å². The summed E-state index contributed by atoms with van der Waals surface area (Å²) < 4.78 is 0. The fraction of sp³-hybridized carbons (Fsp3) is 0.0476. The van der Waals surface area contributed by atoms with Crippen LogP contribution < -0.4 is 15.9 Å². The van der Waals surface area contributed by atoms with Gasteiger partial charge in [0.25, 0.3) is 0 Å². The summed E-state index contributed by atoms with van der Waals surface area (Å²) in [5, 5.41) is 9.57. The molecule has 0 saturated carbocycles. The van der Waals surface area contributed by atoms with Crippen LogP contribution in [0.3, 0.4) is 0 Å². The Hall–Kier alpha value is -3.90. The van der Waals surface area contributed by atoms with Crippen LogP contribution in [0, 0.1) is 6.92 Å². The SMILES string of the molecule is C=CC=CC.Cc1cc2c(-c3ccccc3)cccc2[cH-]1.[Hf].c1ccc(P(c2ccccc2)c2cc3ccccc3[cH-]2)cc1. The first kappa shape index (κ1) is 33.0. The molecule has 0 amide bonds. The Kier molecular flexibility index (Phi) is 12.6. The Morgan fingerprint density at radius 3 is 1.75 bits per heavy atom. The number of hydrogen-bond donors (Lipinski definition) is 0. The van der Waals surface area contributed by atoms with Gasteiger partial charge in [0.15, 0.2) is 0 Å². The zero-order valence-corrected chi connectivity index (χ0v) is 29.9. The minimum absolute atomic E-state index is 0. The van der Waals surface area contributed by atoms with E-state index >= 15 is 0 Å². The average molecular weight is 751 g/mol. The van der Waals surface area contributed by atoms with Crippen LogP contribution in [0.5, 0.6) is 0 Å². The van der Waals surface area contributed by atoms with E-state index in [4.69, 9.17) is 0 Å². The van der Waals surface area contributed by atoms with E-state index in [1.165, 1.54) is 54.1 Å². The van der Waals surface area contributed by atoms with Gasteiger partial charge in [0.2, 0.25) is 0 Å². The maximum absolute atomic E-state index is 3.46. The smallest absolute Gasteiger partial charge is 0 e. The van der Waals surface area contributed by atoms with Crippen LogP contribution in [0.2, 0.25) is 0 Å². The number of rotatable bonds is 5. The normalized spacial score (nSPS) is 10.5. The van der Waals surface area contributed by atoms with Gasteiger partial charge in [-0.25, -0.2) is 0 Å². The Bertz CT molecular complexity index is 1820. The molecule has 0 atom stereocenters. The first-order valence-corrected chi connectivity index (χ1v) is 16.0. The zero-order chi connectivity index (χ0) is 29.9. The van der Waals surface area contributed by atoms with Crippen LogP contribution in [-0.4, -0.2) is 0 Å². The van der Waals surface area contributed by atoms with E-state index in [0.717, 1.165) is 0 Å². The van der Waals surface area contributed by atoms with E-state index < -0.39 is 7.92 Å². The molecule has 7 rings (SSSR count). The van der Waals surface area contributed by atoms with Crippen molar-refractivity contribution in [2.24, 2.45) is 0 Å². The molecule has 0 fully saturated rings. The van der Waals surface area contributed by atoms with Gasteiger partial charge in [0, 0.05) is 25.8 Å². The maximum Gasteiger partial charge on any atom is 0 e. The van der Waals surface area contributed by atoms with Crippen molar-refractivity contribution in [2.45, 2.75) is 13.8 Å². The maximum atomic E-state index is 3.46. The Balaban J connectivity index is 0.000000177. The van der Waals surface area contributed by atoms with Crippen molar-refractivity contribution in [3.05, 3.63) is 188 Å². The van der Waals surface area contributed by atoms with E-state index in [1.54, 1.807) is 6.08 Å². The number of hydrogen-bond acceptors (Lipinski definition) is 0. The Morgan fingerprint density at radius 2 is 1.18 bits per heavy atom. The van der Waals surface area contributed by atoms with Gasteiger partial charge in [-0.15, -0.1) is 74.9 Å². The van der Waals surface area contributed by atoms with E-state index in [2.05, 4.69) is 171 Å². The van der Waals surface area contributed by atoms with Crippen LogP contribution >= 0.6 is 7.92 Å². The van der Waals surface area contributed by atoms with E-state index in [1.807, 2.05) is 19.1 Å². The summed E-state index contributed by atoms with van der Waals surface area (Å²) in [6.07, 6.45) is 5.58. The van der Waals surface area contributed by atoms with Gasteiger partial charge in [-0.1, -0.05) is 140 Å². The molecular formula is C42H37HfP-2. The number of fused-ring (bicyclic) bond motifs is 2. The average Bonchev–Trinajstić information content (AvgIpc) is 3.66. The van der Waals surface area contributed by atoms with Gasteiger partial charge < -0.3 is 0 Å². The molecule has 0 unspecified atom stereocenters. The molecule has 0 heterocycles. The van der Waals surface area contributed by atoms with Gasteiger partial charge >= 0.3 is 0 Å². The van der Waals surface area contributed by atoms with Gasteiger partial charge in [-0.05, 0) is 31.0 Å². The molecule has 0 aliphatic rings. The van der Waals surface area contributed by atoms with Gasteiger partial charge in [0.1, 0.15) is 0 Å². The minimum Gasteiger partial charge on any atom is -0.165 e. The van der Waals surface area contributed by atoms with Crippen molar-refractivity contribution in [1.82, 2.24) is 0 Å². The van der Waals surface area contributed by atoms with Crippen molar-refractivity contribution in [3.63, 3.8) is 0 Å². The first-order chi connectivity index (χ1) is 21.2. The summed E-state index contributed by atoms with van der Waals surface area (Å²) >= 11 is 0. The number of benzene rings is 5. The summed E-state index contributed by atoms with van der Waals surface area (Å²) in [5.41, 5.74) is 3.95. The predicted molar refractivity (Wildman–Crippen MR) is 193 cm³/mol. The molecule has 0 saturated heterocycles. The van der Waals surface area contributed by atoms with Gasteiger partial charge in [0.05, 0.1) is 0 Å². The summed E-state index contributed by atoms with van der Waals surface area (Å²) in [6.45, 7) is 7.57. The molecule has 216 valence electrons. The van der Waals surface area contributed by atoms with Crippen molar-refractivity contribution in [1.29, 1.82) is 0 Å². The predicted octanol–water partition coefficient (Wildman–Crippen LogP) is 10.6. The third kappa shape index (κ3) is 8.38. The molecule has 0 aromatic heterocycles. The third-order valence-corrected chi connectivity index (χ3v) is 9.60. The second kappa shape index (κ2) is 16.8. The van der Waals surface area contributed by atoms with Gasteiger partial charge in [-0.2, -0.15) is 12.1 Å². The van der Waals surface area contributed by atoms with E-state index in [9.17, 15) is 0 Å². The zero-order valence-electron chi connectivity index (χ0n) is 25.4. The Morgan fingerprint density at radius 1 is 0.614 bits per heavy atom. The molecule has 0 bridgehead atoms. The molecular weight excluding hydrogens is 714 g/mol. The monoisotopic (exact) mass is 752 g/mol. The summed E-state index contributed by atoms with van der Waals surface area (Å²) in [4.78, 5) is 0. The molecule has 2 heteroatoms. The van der Waals surface area contributed by atoms with Crippen LogP contribution in [0.1, 0.15) is 12.5 Å². The molecule has 0 radical (unpaired) electrons. The molecule has 44 heavy (non-hydrogen) atoms. The number of allylic oxidation sites excluding steroid dienone is 3. The van der Waals surface area contributed by atoms with Crippen molar-refractivity contribution in [2.75, 3.05) is 0 Å². The van der Waals surface area contributed by atoms with Crippen LogP contribution in [-0.2, 0) is 25.8 Å². The second-order valence-corrected chi connectivity index (χ2v) is 12.5. The molecule has 0 spiro atoms. The molecule has 0 aliphatic carbocycles. The van der Waals surface area contributed by atoms with Gasteiger partial charge in [-0.3, -0.25) is 0 Å². The quantitative estimate of drug-likeness (QED) is 0.0711. The summed E-state index contributed by atoms with van der Waals surface area (Å²) in [6, 6.07) is 56.6. The number of aryl methyl sites for hydroxylation is 1. The van der Waals surface area contributed by atoms with Crippen molar-refractivity contribution >= 4 is 45.4 Å². The minimum atomic E-state index is -0.493. The van der Waals surface area contributed by atoms with E-state index in [-0.39, 0.29) is 25.8 Å². The molecule has 7 aromatic carbocycles. The van der Waals surface area contributed by atoms with Crippen LogP contribution in [0.25, 0.3) is 32.7 Å². The van der Waals surface area contributed by atoms with Crippen LogP contribution in [0.4, 0.5) is 0 Å². The molecule has 0 aliphatic heterocycles. The standard InChI is InChI=1S/C21H16P.C16H13.C5H8.Hf/c1-3-11-19(12-4-1)22(20-13-5-2-6-14-20)21-15-17-9-7-8-10-18(17)16-21;1-12-10-14-8-5-9-15(16(14)11-12)13-6-3-2-4-7-13;1-3-5-4-2;/h1-16H;2-11H,1H3;3-5H,1H2,2H3;/q2*-1;;. The Labute approximate surface area is 282 Å². The largest absolute Gasteiger partial charge is 0.165 e. The fourth-order valence-electron chi connectivity index (χ4n) is 5.25. The topological polar surface area (TPSA) is 0 Å². The molecule has 7 aromatic rings. The first-order valence-electron chi connectivity index (χ1n) is 14.7. The third-order valence-electron chi connectivity index (χ3n) is 7.20. The van der Waals surface area contributed by atoms with Crippen LogP contribution in [0.15, 0.2) is 183 Å².